The SMILES string of the molecule is CC1CCC(S(=O)CCN)CC1. The van der Waals surface area contributed by atoms with Crippen LogP contribution >= 0.6 is 0 Å². The van der Waals surface area contributed by atoms with Gasteiger partial charge in [-0.25, -0.2) is 0 Å². The Morgan fingerprint density at radius 2 is 1.92 bits per heavy atom. The monoisotopic (exact) mass is 189 g/mol. The van der Waals surface area contributed by atoms with Gasteiger partial charge in [-0.05, 0) is 31.6 Å². The molecule has 1 saturated carbocycles. The highest BCUT2D eigenvalue weighted by atomic mass is 32.2. The van der Waals surface area contributed by atoms with E-state index in [2.05, 4.69) is 6.92 Å². The summed E-state index contributed by atoms with van der Waals surface area (Å²) in [5.74, 6) is 1.54. The number of hydrogen-bond donors (Lipinski definition) is 1. The molecule has 0 aromatic rings. The first-order chi connectivity index (χ1) is 5.74. The van der Waals surface area contributed by atoms with E-state index in [0.29, 0.717) is 17.5 Å². The normalized spacial score (nSPS) is 33.2. The molecule has 1 atom stereocenters. The van der Waals surface area contributed by atoms with Gasteiger partial charge in [-0.1, -0.05) is 6.92 Å². The zero-order chi connectivity index (χ0) is 8.97. The van der Waals surface area contributed by atoms with Crippen LogP contribution in [0.3, 0.4) is 0 Å². The van der Waals surface area contributed by atoms with Gasteiger partial charge in [0.15, 0.2) is 0 Å². The topological polar surface area (TPSA) is 43.1 Å². The van der Waals surface area contributed by atoms with Crippen molar-refractivity contribution >= 4 is 10.8 Å². The fourth-order valence-electron chi connectivity index (χ4n) is 1.78. The van der Waals surface area contributed by atoms with Crippen LogP contribution in [0, 0.1) is 5.92 Å². The third-order valence-corrected chi connectivity index (χ3v) is 4.51. The average molecular weight is 189 g/mol. The Hall–Kier alpha value is 0.110. The molecule has 0 aliphatic heterocycles. The second kappa shape index (κ2) is 4.97. The van der Waals surface area contributed by atoms with Gasteiger partial charge in [0.05, 0.1) is 0 Å². The van der Waals surface area contributed by atoms with Gasteiger partial charge in [-0.15, -0.1) is 0 Å². The zero-order valence-corrected chi connectivity index (χ0v) is 8.61. The van der Waals surface area contributed by atoms with Crippen molar-refractivity contribution < 1.29 is 4.21 Å². The van der Waals surface area contributed by atoms with Crippen LogP contribution < -0.4 is 5.73 Å². The average Bonchev–Trinajstić information content (AvgIpc) is 2.06. The van der Waals surface area contributed by atoms with Gasteiger partial charge < -0.3 is 5.73 Å². The first-order valence-electron chi connectivity index (χ1n) is 4.81. The molecule has 72 valence electrons. The van der Waals surface area contributed by atoms with Gasteiger partial charge in [-0.2, -0.15) is 0 Å². The van der Waals surface area contributed by atoms with E-state index in [1.165, 1.54) is 12.8 Å². The Balaban J connectivity index is 2.29. The minimum atomic E-state index is -0.646. The highest BCUT2D eigenvalue weighted by molar-refractivity contribution is 7.85. The van der Waals surface area contributed by atoms with E-state index in [4.69, 9.17) is 5.73 Å². The van der Waals surface area contributed by atoms with Gasteiger partial charge in [0.2, 0.25) is 0 Å². The summed E-state index contributed by atoms with van der Waals surface area (Å²) in [7, 11) is -0.646. The van der Waals surface area contributed by atoms with E-state index < -0.39 is 10.8 Å². The molecule has 0 aromatic heterocycles. The second-order valence-electron chi connectivity index (χ2n) is 3.76. The summed E-state index contributed by atoms with van der Waals surface area (Å²) < 4.78 is 11.5. The number of rotatable bonds is 3. The van der Waals surface area contributed by atoms with Gasteiger partial charge >= 0.3 is 0 Å². The fourth-order valence-corrected chi connectivity index (χ4v) is 3.14. The lowest BCUT2D eigenvalue weighted by atomic mass is 9.91. The maximum atomic E-state index is 11.5. The van der Waals surface area contributed by atoms with Crippen molar-refractivity contribution in [3.05, 3.63) is 0 Å². The van der Waals surface area contributed by atoms with Crippen LogP contribution in [-0.2, 0) is 10.8 Å². The molecule has 2 N–H and O–H groups in total. The minimum absolute atomic E-state index is 0.449. The summed E-state index contributed by atoms with van der Waals surface area (Å²) in [5.41, 5.74) is 5.37. The smallest absolute Gasteiger partial charge is 0.0360 e. The predicted molar refractivity (Wildman–Crippen MR) is 53.5 cm³/mol. The molecule has 2 nitrogen and oxygen atoms in total. The summed E-state index contributed by atoms with van der Waals surface area (Å²) in [5, 5.41) is 0.449. The Morgan fingerprint density at radius 1 is 1.33 bits per heavy atom. The Morgan fingerprint density at radius 3 is 2.42 bits per heavy atom. The van der Waals surface area contributed by atoms with Crippen LogP contribution in [0.15, 0.2) is 0 Å². The van der Waals surface area contributed by atoms with Crippen molar-refractivity contribution in [1.82, 2.24) is 0 Å². The van der Waals surface area contributed by atoms with Crippen molar-refractivity contribution in [3.8, 4) is 0 Å². The predicted octanol–water partition coefficient (Wildman–Crippen LogP) is 1.27. The highest BCUT2D eigenvalue weighted by Gasteiger charge is 2.22. The lowest BCUT2D eigenvalue weighted by molar-refractivity contribution is 0.389. The van der Waals surface area contributed by atoms with E-state index in [1.807, 2.05) is 0 Å². The van der Waals surface area contributed by atoms with Crippen LogP contribution in [0.1, 0.15) is 32.6 Å². The minimum Gasteiger partial charge on any atom is -0.330 e. The Bertz CT molecular complexity index is 153. The quantitative estimate of drug-likeness (QED) is 0.726. The maximum Gasteiger partial charge on any atom is 0.0360 e. The first kappa shape index (κ1) is 10.2. The molecule has 1 aliphatic rings. The number of nitrogens with two attached hydrogens (primary N) is 1. The van der Waals surface area contributed by atoms with Gasteiger partial charge in [0.25, 0.3) is 0 Å². The molecule has 1 unspecified atom stereocenters. The highest BCUT2D eigenvalue weighted by Crippen LogP contribution is 2.26. The first-order valence-corrected chi connectivity index (χ1v) is 6.19. The molecule has 1 aliphatic carbocycles. The van der Waals surface area contributed by atoms with Gasteiger partial charge in [0, 0.05) is 28.3 Å². The Labute approximate surface area is 77.4 Å². The molecule has 0 radical (unpaired) electrons. The maximum absolute atomic E-state index is 11.5. The molecular weight excluding hydrogens is 170 g/mol. The van der Waals surface area contributed by atoms with Crippen molar-refractivity contribution in [2.45, 2.75) is 37.9 Å². The third-order valence-electron chi connectivity index (χ3n) is 2.65. The van der Waals surface area contributed by atoms with E-state index in [0.717, 1.165) is 18.8 Å². The van der Waals surface area contributed by atoms with Crippen LogP contribution in [0.25, 0.3) is 0 Å². The molecule has 12 heavy (non-hydrogen) atoms. The molecular formula is C9H19NOS. The van der Waals surface area contributed by atoms with E-state index in [9.17, 15) is 4.21 Å². The summed E-state index contributed by atoms with van der Waals surface area (Å²) in [6.07, 6.45) is 4.80. The van der Waals surface area contributed by atoms with E-state index in [-0.39, 0.29) is 0 Å². The van der Waals surface area contributed by atoms with E-state index in [1.54, 1.807) is 0 Å². The van der Waals surface area contributed by atoms with Crippen LogP contribution in [-0.4, -0.2) is 21.8 Å². The number of hydrogen-bond acceptors (Lipinski definition) is 2. The molecule has 1 rings (SSSR count). The molecule has 0 spiro atoms. The van der Waals surface area contributed by atoms with Crippen LogP contribution in [0.4, 0.5) is 0 Å². The third kappa shape index (κ3) is 2.87. The Kier molecular flexibility index (Phi) is 4.22. The molecule has 0 bridgehead atoms. The lowest BCUT2D eigenvalue weighted by Gasteiger charge is -2.25. The lowest BCUT2D eigenvalue weighted by Crippen LogP contribution is -2.26. The van der Waals surface area contributed by atoms with Crippen molar-refractivity contribution in [1.29, 1.82) is 0 Å². The van der Waals surface area contributed by atoms with Crippen molar-refractivity contribution in [2.75, 3.05) is 12.3 Å². The van der Waals surface area contributed by atoms with Crippen LogP contribution in [0.2, 0.25) is 0 Å². The largest absolute Gasteiger partial charge is 0.330 e. The van der Waals surface area contributed by atoms with Crippen molar-refractivity contribution in [3.63, 3.8) is 0 Å². The summed E-state index contributed by atoms with van der Waals surface area (Å²) in [6.45, 7) is 2.85. The van der Waals surface area contributed by atoms with Gasteiger partial charge in [-0.3, -0.25) is 4.21 Å². The summed E-state index contributed by atoms with van der Waals surface area (Å²) >= 11 is 0. The van der Waals surface area contributed by atoms with E-state index >= 15 is 0 Å². The van der Waals surface area contributed by atoms with Crippen molar-refractivity contribution in [2.24, 2.45) is 11.7 Å². The zero-order valence-electron chi connectivity index (χ0n) is 7.79. The summed E-state index contributed by atoms with van der Waals surface area (Å²) in [4.78, 5) is 0. The molecule has 0 aromatic carbocycles. The van der Waals surface area contributed by atoms with Crippen LogP contribution in [0.5, 0.6) is 0 Å². The molecule has 1 fully saturated rings. The molecule has 0 heterocycles. The fraction of sp³-hybridized carbons (Fsp3) is 1.00. The summed E-state index contributed by atoms with van der Waals surface area (Å²) in [6, 6.07) is 0. The molecule has 3 heteroatoms. The van der Waals surface area contributed by atoms with Gasteiger partial charge in [0.1, 0.15) is 0 Å². The second-order valence-corrected chi connectivity index (χ2v) is 5.59. The molecule has 0 amide bonds. The molecule has 0 saturated heterocycles. The standard InChI is InChI=1S/C9H19NOS/c1-8-2-4-9(5-3-8)12(11)7-6-10/h8-9H,2-7,10H2,1H3.